The summed E-state index contributed by atoms with van der Waals surface area (Å²) in [6.45, 7) is 3.61. The van der Waals surface area contributed by atoms with Crippen molar-refractivity contribution in [2.75, 3.05) is 20.2 Å². The van der Waals surface area contributed by atoms with Crippen molar-refractivity contribution in [3.8, 4) is 0 Å². The van der Waals surface area contributed by atoms with Gasteiger partial charge >= 0.3 is 0 Å². The normalized spacial score (nSPS) is 37.5. The second kappa shape index (κ2) is 4.78. The monoisotopic (exact) mass is 238 g/mol. The quantitative estimate of drug-likeness (QED) is 0.728. The zero-order valence-corrected chi connectivity index (χ0v) is 10.7. The van der Waals surface area contributed by atoms with Crippen molar-refractivity contribution in [2.24, 2.45) is 11.7 Å². The fraction of sp³-hybridized carbons (Fsp3) is 0.769. The summed E-state index contributed by atoms with van der Waals surface area (Å²) in [5, 5.41) is 0. The summed E-state index contributed by atoms with van der Waals surface area (Å²) in [5.41, 5.74) is 5.61. The highest BCUT2D eigenvalue weighted by Gasteiger charge is 2.35. The fourth-order valence-electron chi connectivity index (χ4n) is 2.71. The molecule has 1 amide bonds. The van der Waals surface area contributed by atoms with E-state index in [0.717, 1.165) is 25.8 Å². The van der Waals surface area contributed by atoms with Crippen LogP contribution in [0.1, 0.15) is 26.2 Å². The van der Waals surface area contributed by atoms with E-state index in [1.54, 1.807) is 7.11 Å². The summed E-state index contributed by atoms with van der Waals surface area (Å²) in [4.78, 5) is 14.2. The third-order valence-corrected chi connectivity index (χ3v) is 3.90. The lowest BCUT2D eigenvalue weighted by molar-refractivity contribution is -0.142. The van der Waals surface area contributed by atoms with Crippen LogP contribution in [0.2, 0.25) is 0 Å². The van der Waals surface area contributed by atoms with Gasteiger partial charge in [0.25, 0.3) is 0 Å². The zero-order chi connectivity index (χ0) is 12.5. The highest BCUT2D eigenvalue weighted by atomic mass is 16.5. The maximum absolute atomic E-state index is 12.3. The highest BCUT2D eigenvalue weighted by Crippen LogP contribution is 2.27. The topological polar surface area (TPSA) is 55.6 Å². The molecule has 1 aliphatic heterocycles. The molecule has 96 valence electrons. The van der Waals surface area contributed by atoms with E-state index in [4.69, 9.17) is 10.5 Å². The van der Waals surface area contributed by atoms with Crippen LogP contribution >= 0.6 is 0 Å². The molecule has 3 atom stereocenters. The molecule has 0 saturated carbocycles. The van der Waals surface area contributed by atoms with Gasteiger partial charge in [-0.15, -0.1) is 0 Å². The van der Waals surface area contributed by atoms with Crippen molar-refractivity contribution < 1.29 is 9.53 Å². The Balaban J connectivity index is 1.98. The Kier molecular flexibility index (Phi) is 3.54. The van der Waals surface area contributed by atoms with Gasteiger partial charge in [-0.1, -0.05) is 12.2 Å². The van der Waals surface area contributed by atoms with Crippen LogP contribution in [0.5, 0.6) is 0 Å². The molecule has 0 aromatic heterocycles. The number of carbonyl (C=O) groups is 1. The molecule has 2 N–H and O–H groups in total. The molecule has 0 aromatic carbocycles. The minimum Gasteiger partial charge on any atom is -0.377 e. The van der Waals surface area contributed by atoms with Gasteiger partial charge in [0.2, 0.25) is 5.91 Å². The van der Waals surface area contributed by atoms with Crippen LogP contribution in [0.3, 0.4) is 0 Å². The number of nitrogens with zero attached hydrogens (tertiary/aromatic N) is 1. The Morgan fingerprint density at radius 1 is 1.53 bits per heavy atom. The molecule has 2 rings (SSSR count). The van der Waals surface area contributed by atoms with Crippen LogP contribution in [-0.4, -0.2) is 42.6 Å². The lowest BCUT2D eigenvalue weighted by atomic mass is 9.93. The second-order valence-electron chi connectivity index (χ2n) is 5.41. The predicted molar refractivity (Wildman–Crippen MR) is 66.5 cm³/mol. The van der Waals surface area contributed by atoms with Crippen molar-refractivity contribution in [1.29, 1.82) is 0 Å². The Labute approximate surface area is 103 Å². The smallest absolute Gasteiger partial charge is 0.229 e. The third-order valence-electron chi connectivity index (χ3n) is 3.90. The molecule has 0 aromatic rings. The summed E-state index contributed by atoms with van der Waals surface area (Å²) in [7, 11) is 1.72. The predicted octanol–water partition coefficient (Wildman–Crippen LogP) is 0.917. The van der Waals surface area contributed by atoms with Crippen LogP contribution in [0, 0.1) is 5.92 Å². The van der Waals surface area contributed by atoms with Gasteiger partial charge in [-0.25, -0.2) is 0 Å². The highest BCUT2D eigenvalue weighted by molar-refractivity contribution is 5.81. The first-order valence-electron chi connectivity index (χ1n) is 6.32. The largest absolute Gasteiger partial charge is 0.377 e. The molecule has 0 bridgehead atoms. The molecule has 1 fully saturated rings. The van der Waals surface area contributed by atoms with E-state index in [2.05, 4.69) is 6.92 Å². The number of hydrogen-bond acceptors (Lipinski definition) is 3. The van der Waals surface area contributed by atoms with Crippen LogP contribution < -0.4 is 5.73 Å². The Morgan fingerprint density at radius 3 is 2.88 bits per heavy atom. The summed E-state index contributed by atoms with van der Waals surface area (Å²) in [6.07, 6.45) is 6.67. The molecule has 2 aliphatic rings. The molecule has 0 radical (unpaired) electrons. The Bertz CT molecular complexity index is 329. The maximum atomic E-state index is 12.3. The standard InChI is InChI=1S/C13H22N2O2/c1-13(17-2)6-3-7-15(9-13)12(16)10-4-5-11(14)8-10/h4-5,10-11H,3,6-9,14H2,1-2H3. The molecule has 1 aliphatic carbocycles. The number of nitrogens with two attached hydrogens (primary N) is 1. The van der Waals surface area contributed by atoms with E-state index in [1.807, 2.05) is 17.1 Å². The average molecular weight is 238 g/mol. The van der Waals surface area contributed by atoms with Gasteiger partial charge in [0.1, 0.15) is 0 Å². The number of likely N-dealkylation sites (tertiary alicyclic amines) is 1. The first-order valence-corrected chi connectivity index (χ1v) is 6.32. The number of rotatable bonds is 2. The van der Waals surface area contributed by atoms with Gasteiger partial charge in [0.15, 0.2) is 0 Å². The molecular formula is C13H22N2O2. The minimum absolute atomic E-state index is 0.0239. The van der Waals surface area contributed by atoms with Crippen molar-refractivity contribution in [2.45, 2.75) is 37.8 Å². The first-order chi connectivity index (χ1) is 8.04. The van der Waals surface area contributed by atoms with Crippen molar-refractivity contribution in [3.63, 3.8) is 0 Å². The molecule has 1 saturated heterocycles. The van der Waals surface area contributed by atoms with Gasteiger partial charge in [-0.2, -0.15) is 0 Å². The fourth-order valence-corrected chi connectivity index (χ4v) is 2.71. The first kappa shape index (κ1) is 12.6. The van der Waals surface area contributed by atoms with E-state index < -0.39 is 0 Å². The summed E-state index contributed by atoms with van der Waals surface area (Å²) in [5.74, 6) is 0.182. The van der Waals surface area contributed by atoms with E-state index in [1.165, 1.54) is 0 Å². The third kappa shape index (κ3) is 2.69. The number of hydrogen-bond donors (Lipinski definition) is 1. The summed E-state index contributed by atoms with van der Waals surface area (Å²) in [6, 6.07) is 0.0440. The van der Waals surface area contributed by atoms with Crippen molar-refractivity contribution in [3.05, 3.63) is 12.2 Å². The second-order valence-corrected chi connectivity index (χ2v) is 5.41. The minimum atomic E-state index is -0.182. The number of ether oxygens (including phenoxy) is 1. The van der Waals surface area contributed by atoms with Gasteiger partial charge in [0.05, 0.1) is 11.5 Å². The number of piperidine rings is 1. The van der Waals surface area contributed by atoms with E-state index in [0.29, 0.717) is 6.54 Å². The zero-order valence-electron chi connectivity index (χ0n) is 10.7. The average Bonchev–Trinajstić information content (AvgIpc) is 2.75. The lowest BCUT2D eigenvalue weighted by Gasteiger charge is -2.40. The summed E-state index contributed by atoms with van der Waals surface area (Å²) >= 11 is 0. The van der Waals surface area contributed by atoms with Crippen LogP contribution in [0.15, 0.2) is 12.2 Å². The van der Waals surface area contributed by atoms with E-state index >= 15 is 0 Å². The van der Waals surface area contributed by atoms with Crippen LogP contribution in [-0.2, 0) is 9.53 Å². The summed E-state index contributed by atoms with van der Waals surface area (Å²) < 4.78 is 5.51. The van der Waals surface area contributed by atoms with Crippen LogP contribution in [0.4, 0.5) is 0 Å². The molecular weight excluding hydrogens is 216 g/mol. The number of carbonyl (C=O) groups excluding carboxylic acids is 1. The Hall–Kier alpha value is -0.870. The van der Waals surface area contributed by atoms with Crippen molar-refractivity contribution >= 4 is 5.91 Å². The SMILES string of the molecule is COC1(C)CCCN(C(=O)C2C=CC(N)C2)C1. The molecule has 4 nitrogen and oxygen atoms in total. The number of amides is 1. The van der Waals surface area contributed by atoms with E-state index in [9.17, 15) is 4.79 Å². The van der Waals surface area contributed by atoms with Crippen LogP contribution in [0.25, 0.3) is 0 Å². The van der Waals surface area contributed by atoms with Crippen molar-refractivity contribution in [1.82, 2.24) is 4.90 Å². The molecule has 17 heavy (non-hydrogen) atoms. The van der Waals surface area contributed by atoms with Gasteiger partial charge < -0.3 is 15.4 Å². The van der Waals surface area contributed by atoms with Gasteiger partial charge in [0, 0.05) is 26.2 Å². The molecule has 1 heterocycles. The molecule has 4 heteroatoms. The van der Waals surface area contributed by atoms with Gasteiger partial charge in [-0.3, -0.25) is 4.79 Å². The lowest BCUT2D eigenvalue weighted by Crippen LogP contribution is -2.51. The maximum Gasteiger partial charge on any atom is 0.229 e. The number of methoxy groups -OCH3 is 1. The van der Waals surface area contributed by atoms with E-state index in [-0.39, 0.29) is 23.5 Å². The Morgan fingerprint density at radius 2 is 2.29 bits per heavy atom. The molecule has 3 unspecified atom stereocenters. The molecule has 0 spiro atoms. The van der Waals surface area contributed by atoms with Gasteiger partial charge in [-0.05, 0) is 26.2 Å².